The molecule has 2 saturated carbocycles. The number of carbonyl (C=O) groups excluding carboxylic acids is 2. The molecule has 2 amide bonds. The van der Waals surface area contributed by atoms with Crippen LogP contribution in [0.5, 0.6) is 0 Å². The zero-order valence-corrected chi connectivity index (χ0v) is 22.4. The molecule has 4 heterocycles. The summed E-state index contributed by atoms with van der Waals surface area (Å²) in [6.07, 6.45) is 8.27. The van der Waals surface area contributed by atoms with Gasteiger partial charge in [0, 0.05) is 23.9 Å². The van der Waals surface area contributed by atoms with Crippen LogP contribution < -0.4 is 11.1 Å². The number of allylic oxidation sites excluding steroid dienone is 1. The molecular weight excluding hydrogens is 537 g/mol. The number of hydrogen-bond acceptors (Lipinski definition) is 7. The van der Waals surface area contributed by atoms with Crippen LogP contribution in [0.15, 0.2) is 60.7 Å². The maximum absolute atomic E-state index is 15.6. The molecule has 2 aliphatic carbocycles. The molecule has 7 rings (SSSR count). The zero-order valence-electron chi connectivity index (χ0n) is 22.4. The van der Waals surface area contributed by atoms with Gasteiger partial charge < -0.3 is 16.0 Å². The second-order valence-electron chi connectivity index (χ2n) is 11.0. The summed E-state index contributed by atoms with van der Waals surface area (Å²) in [5.41, 5.74) is 7.42. The minimum atomic E-state index is -0.657. The van der Waals surface area contributed by atoms with E-state index in [1.54, 1.807) is 40.1 Å². The second-order valence-corrected chi connectivity index (χ2v) is 11.0. The summed E-state index contributed by atoms with van der Waals surface area (Å²) in [5.74, 6) is -0.331. The lowest BCUT2D eigenvalue weighted by atomic mass is 10.0. The van der Waals surface area contributed by atoms with E-state index in [1.807, 2.05) is 0 Å². The van der Waals surface area contributed by atoms with Crippen LogP contribution in [0, 0.1) is 24.2 Å². The van der Waals surface area contributed by atoms with Crippen LogP contribution in [0.3, 0.4) is 0 Å². The fourth-order valence-electron chi connectivity index (χ4n) is 6.17. The first kappa shape index (κ1) is 25.8. The molecule has 1 aromatic carbocycles. The highest BCUT2D eigenvalue weighted by atomic mass is 19.1. The number of anilines is 2. The van der Waals surface area contributed by atoms with Crippen molar-refractivity contribution in [3.05, 3.63) is 83.5 Å². The number of fused-ring (bicyclic) bond motifs is 3. The summed E-state index contributed by atoms with van der Waals surface area (Å²) in [6.45, 7) is 8.16. The highest BCUT2D eigenvalue weighted by Crippen LogP contribution is 2.47. The Balaban J connectivity index is 1.23. The molecule has 0 spiro atoms. The number of benzene rings is 1. The lowest BCUT2D eigenvalue weighted by molar-refractivity contribution is -0.129. The molecule has 2 bridgehead atoms. The van der Waals surface area contributed by atoms with Gasteiger partial charge in [-0.3, -0.25) is 9.59 Å². The van der Waals surface area contributed by atoms with Crippen LogP contribution in [0.4, 0.5) is 16.0 Å². The van der Waals surface area contributed by atoms with Crippen molar-refractivity contribution >= 4 is 34.5 Å². The van der Waals surface area contributed by atoms with Gasteiger partial charge >= 0.3 is 0 Å². The van der Waals surface area contributed by atoms with Crippen LogP contribution in [-0.2, 0) is 4.79 Å². The molecule has 42 heavy (non-hydrogen) atoms. The first-order valence-electron chi connectivity index (χ1n) is 13.8. The monoisotopic (exact) mass is 563 g/mol. The van der Waals surface area contributed by atoms with Gasteiger partial charge in [0.25, 0.3) is 11.8 Å². The van der Waals surface area contributed by atoms with E-state index in [0.717, 1.165) is 31.7 Å². The van der Waals surface area contributed by atoms with Crippen LogP contribution in [-0.4, -0.2) is 54.0 Å². The SMILES string of the molecule is [C-]#[N+]/C(=C\C1CC1)C(=O)N1C[C@H]2CC(n3nc(-c4ccc(C(=O)Nc5ccccn5)cc4F)c4c(N)ncnc43)[C@H]1C2. The first-order chi connectivity index (χ1) is 20.4. The summed E-state index contributed by atoms with van der Waals surface area (Å²) >= 11 is 0. The number of piperidine rings is 1. The minimum Gasteiger partial charge on any atom is -0.383 e. The third-order valence-corrected chi connectivity index (χ3v) is 8.29. The van der Waals surface area contributed by atoms with E-state index in [9.17, 15) is 9.59 Å². The van der Waals surface area contributed by atoms with Crippen molar-refractivity contribution in [3.63, 3.8) is 0 Å². The number of carbonyl (C=O) groups is 2. The maximum Gasteiger partial charge on any atom is 0.256 e. The fourth-order valence-corrected chi connectivity index (χ4v) is 6.17. The van der Waals surface area contributed by atoms with Gasteiger partial charge in [-0.25, -0.2) is 28.9 Å². The predicted octanol–water partition coefficient (Wildman–Crippen LogP) is 4.24. The van der Waals surface area contributed by atoms with E-state index in [4.69, 9.17) is 17.4 Å². The number of rotatable bonds is 6. The van der Waals surface area contributed by atoms with Crippen molar-refractivity contribution < 1.29 is 14.0 Å². The van der Waals surface area contributed by atoms with Gasteiger partial charge in [-0.15, -0.1) is 0 Å². The Hall–Kier alpha value is -5.18. The van der Waals surface area contributed by atoms with E-state index < -0.39 is 11.7 Å². The molecule has 1 aliphatic heterocycles. The molecule has 1 unspecified atom stereocenters. The summed E-state index contributed by atoms with van der Waals surface area (Å²) in [4.78, 5) is 44.1. The summed E-state index contributed by atoms with van der Waals surface area (Å²) in [7, 11) is 0. The normalized spacial score (nSPS) is 21.5. The summed E-state index contributed by atoms with van der Waals surface area (Å²) in [5, 5.41) is 7.86. The van der Waals surface area contributed by atoms with E-state index >= 15 is 4.39 Å². The number of amides is 2. The predicted molar refractivity (Wildman–Crippen MR) is 152 cm³/mol. The number of likely N-dealkylation sites (tertiary alicyclic amines) is 1. The largest absolute Gasteiger partial charge is 0.383 e. The minimum absolute atomic E-state index is 0.118. The standard InChI is InChI=1S/C30H26FN9O2/c1-33-21(10-16-5-6-16)30(42)39-14-17-11-22(39)23(12-17)40-28-25(27(32)35-15-36-28)26(38-40)19-8-7-18(13-20(19)31)29(41)37-24-4-2-3-9-34-24/h2-4,7-10,13,15-17,22-23H,5-6,11-12,14H2,(H2,32,35,36)(H,34,37,41)/b21-10-/t17-,22-,23?/m1/s1. The molecule has 3 fully saturated rings. The van der Waals surface area contributed by atoms with E-state index in [0.29, 0.717) is 29.3 Å². The van der Waals surface area contributed by atoms with Crippen molar-refractivity contribution in [2.75, 3.05) is 17.6 Å². The number of nitrogens with two attached hydrogens (primary N) is 1. The number of pyridine rings is 1. The lowest BCUT2D eigenvalue weighted by Gasteiger charge is -2.33. The van der Waals surface area contributed by atoms with Gasteiger partial charge in [0.1, 0.15) is 29.5 Å². The molecule has 4 aromatic rings. The molecular formula is C30H26FN9O2. The van der Waals surface area contributed by atoms with Crippen molar-refractivity contribution in [3.8, 4) is 11.3 Å². The highest BCUT2D eigenvalue weighted by Gasteiger charge is 2.49. The van der Waals surface area contributed by atoms with E-state index in [2.05, 4.69) is 25.1 Å². The Bertz CT molecular complexity index is 1810. The molecule has 3 atom stereocenters. The second kappa shape index (κ2) is 10.0. The average molecular weight is 564 g/mol. The van der Waals surface area contributed by atoms with Crippen molar-refractivity contribution in [1.29, 1.82) is 0 Å². The maximum atomic E-state index is 15.6. The molecule has 3 aliphatic rings. The van der Waals surface area contributed by atoms with E-state index in [-0.39, 0.29) is 52.2 Å². The van der Waals surface area contributed by atoms with Gasteiger partial charge in [0.2, 0.25) is 5.70 Å². The quantitative estimate of drug-likeness (QED) is 0.265. The molecule has 11 nitrogen and oxygen atoms in total. The number of halogens is 1. The Morgan fingerprint density at radius 1 is 1.12 bits per heavy atom. The van der Waals surface area contributed by atoms with Gasteiger partial charge in [-0.05, 0) is 67.9 Å². The molecule has 0 radical (unpaired) electrons. The van der Waals surface area contributed by atoms with Crippen LogP contribution >= 0.6 is 0 Å². The van der Waals surface area contributed by atoms with Gasteiger partial charge in [-0.1, -0.05) is 12.1 Å². The Morgan fingerprint density at radius 3 is 2.67 bits per heavy atom. The third kappa shape index (κ3) is 4.43. The van der Waals surface area contributed by atoms with Crippen molar-refractivity contribution in [1.82, 2.24) is 29.6 Å². The van der Waals surface area contributed by atoms with Crippen molar-refractivity contribution in [2.45, 2.75) is 37.8 Å². The van der Waals surface area contributed by atoms with Crippen LogP contribution in [0.25, 0.3) is 27.1 Å². The molecule has 1 saturated heterocycles. The Morgan fingerprint density at radius 2 is 1.95 bits per heavy atom. The fraction of sp³-hybridized carbons (Fsp3) is 0.300. The van der Waals surface area contributed by atoms with Crippen LogP contribution in [0.2, 0.25) is 0 Å². The van der Waals surface area contributed by atoms with Gasteiger partial charge in [-0.2, -0.15) is 5.10 Å². The topological polar surface area (TPSA) is 136 Å². The Kier molecular flexibility index (Phi) is 6.15. The number of hydrogen-bond donors (Lipinski definition) is 2. The summed E-state index contributed by atoms with van der Waals surface area (Å²) < 4.78 is 17.4. The molecule has 12 heteroatoms. The van der Waals surface area contributed by atoms with Crippen molar-refractivity contribution in [2.24, 2.45) is 11.8 Å². The average Bonchev–Trinajstić information content (AvgIpc) is 3.40. The zero-order chi connectivity index (χ0) is 29.0. The van der Waals surface area contributed by atoms with Gasteiger partial charge in [0.05, 0.1) is 24.0 Å². The lowest BCUT2D eigenvalue weighted by Crippen LogP contribution is -2.43. The van der Waals surface area contributed by atoms with Crippen LogP contribution in [0.1, 0.15) is 42.1 Å². The molecule has 3 aromatic heterocycles. The highest BCUT2D eigenvalue weighted by molar-refractivity contribution is 6.04. The Labute approximate surface area is 240 Å². The smallest absolute Gasteiger partial charge is 0.256 e. The van der Waals surface area contributed by atoms with E-state index in [1.165, 1.54) is 18.5 Å². The van der Waals surface area contributed by atoms with Gasteiger partial charge in [0.15, 0.2) is 5.65 Å². The molecule has 210 valence electrons. The number of nitrogens with zero attached hydrogens (tertiary/aromatic N) is 7. The first-order valence-corrected chi connectivity index (χ1v) is 13.8. The molecule has 3 N–H and O–H groups in total. The number of aromatic nitrogens is 5. The third-order valence-electron chi connectivity index (χ3n) is 8.29. The number of nitrogens with one attached hydrogen (secondary N) is 1. The summed E-state index contributed by atoms with van der Waals surface area (Å²) in [6, 6.07) is 8.85. The number of nitrogen functional groups attached to an aromatic ring is 1.